The molecule has 0 saturated carbocycles. The molecule has 0 aromatic heterocycles. The Balaban J connectivity index is 3.12. The van der Waals surface area contributed by atoms with Crippen LogP contribution in [0.1, 0.15) is 26.3 Å². The molecule has 0 fully saturated rings. The van der Waals surface area contributed by atoms with Crippen molar-refractivity contribution in [3.8, 4) is 0 Å². The first-order valence-electron chi connectivity index (χ1n) is 6.83. The second kappa shape index (κ2) is 8.61. The minimum atomic E-state index is -0.755. The lowest BCUT2D eigenvalue weighted by Crippen LogP contribution is -2.18. The molecule has 0 saturated heterocycles. The van der Waals surface area contributed by atoms with Crippen LogP contribution in [-0.2, 0) is 23.9 Å². The van der Waals surface area contributed by atoms with Gasteiger partial charge in [-0.15, -0.1) is 0 Å². The number of carbonyl (C=O) groups is 3. The fraction of sp³-hybridized carbons (Fsp3) is 0.312. The lowest BCUT2D eigenvalue weighted by atomic mass is 10.1. The molecule has 6 heteroatoms. The van der Waals surface area contributed by atoms with E-state index in [1.165, 1.54) is 13.0 Å². The van der Waals surface area contributed by atoms with Crippen molar-refractivity contribution in [1.82, 2.24) is 0 Å². The molecule has 0 heterocycles. The summed E-state index contributed by atoms with van der Waals surface area (Å²) in [7, 11) is 0. The van der Waals surface area contributed by atoms with Gasteiger partial charge < -0.3 is 14.8 Å². The average molecular weight is 304 g/mol. The second-order valence-corrected chi connectivity index (χ2v) is 4.22. The first kappa shape index (κ1) is 17.4. The van der Waals surface area contributed by atoms with Crippen LogP contribution in [0, 0.1) is 6.07 Å². The van der Waals surface area contributed by atoms with Crippen molar-refractivity contribution in [2.45, 2.75) is 20.8 Å². The number of ether oxygens (including phenoxy) is 2. The monoisotopic (exact) mass is 304 g/mol. The Hall–Kier alpha value is -2.63. The van der Waals surface area contributed by atoms with Gasteiger partial charge in [0.15, 0.2) is 0 Å². The number of nitrogens with one attached hydrogen (secondary N) is 1. The number of esters is 2. The molecule has 0 aliphatic heterocycles. The molecule has 0 unspecified atom stereocenters. The molecule has 0 atom stereocenters. The van der Waals surface area contributed by atoms with E-state index in [1.807, 2.05) is 0 Å². The fourth-order valence-electron chi connectivity index (χ4n) is 1.62. The molecule has 0 aliphatic carbocycles. The third-order valence-corrected chi connectivity index (χ3v) is 2.44. The van der Waals surface area contributed by atoms with Crippen LogP contribution < -0.4 is 5.32 Å². The Morgan fingerprint density at radius 2 is 1.77 bits per heavy atom. The summed E-state index contributed by atoms with van der Waals surface area (Å²) >= 11 is 0. The summed E-state index contributed by atoms with van der Waals surface area (Å²) in [5.41, 5.74) is 0.774. The molecule has 22 heavy (non-hydrogen) atoms. The SMILES string of the molecule is CCOC(=O)C(=Cc1cc[c]c(NC(C)=O)c1)C(=O)OCC. The van der Waals surface area contributed by atoms with Gasteiger partial charge in [-0.3, -0.25) is 4.79 Å². The number of hydrogen-bond acceptors (Lipinski definition) is 5. The normalized spacial score (nSPS) is 9.59. The number of rotatable bonds is 6. The van der Waals surface area contributed by atoms with Gasteiger partial charge >= 0.3 is 11.9 Å². The van der Waals surface area contributed by atoms with Crippen molar-refractivity contribution in [2.75, 3.05) is 18.5 Å². The largest absolute Gasteiger partial charge is 0.462 e. The smallest absolute Gasteiger partial charge is 0.345 e. The maximum Gasteiger partial charge on any atom is 0.345 e. The fourth-order valence-corrected chi connectivity index (χ4v) is 1.62. The van der Waals surface area contributed by atoms with Crippen molar-refractivity contribution in [3.05, 3.63) is 35.4 Å². The topological polar surface area (TPSA) is 81.7 Å². The van der Waals surface area contributed by atoms with Crippen LogP contribution in [-0.4, -0.2) is 31.1 Å². The van der Waals surface area contributed by atoms with E-state index in [4.69, 9.17) is 9.47 Å². The zero-order valence-corrected chi connectivity index (χ0v) is 12.8. The predicted octanol–water partition coefficient (Wildman–Crippen LogP) is 1.95. The lowest BCUT2D eigenvalue weighted by Gasteiger charge is -2.07. The van der Waals surface area contributed by atoms with Crippen molar-refractivity contribution in [3.63, 3.8) is 0 Å². The predicted molar refractivity (Wildman–Crippen MR) is 80.8 cm³/mol. The Labute approximate surface area is 129 Å². The van der Waals surface area contributed by atoms with E-state index in [0.717, 1.165) is 0 Å². The van der Waals surface area contributed by atoms with Crippen LogP contribution in [0.3, 0.4) is 0 Å². The van der Waals surface area contributed by atoms with Crippen LogP contribution in [0.4, 0.5) is 5.69 Å². The van der Waals surface area contributed by atoms with Gasteiger partial charge in [0.1, 0.15) is 5.57 Å². The second-order valence-electron chi connectivity index (χ2n) is 4.22. The van der Waals surface area contributed by atoms with Crippen LogP contribution in [0.25, 0.3) is 6.08 Å². The molecule has 1 aromatic rings. The Bertz CT molecular complexity index is 572. The summed E-state index contributed by atoms with van der Waals surface area (Å²) in [6.07, 6.45) is 1.36. The minimum Gasteiger partial charge on any atom is -0.462 e. The van der Waals surface area contributed by atoms with Crippen LogP contribution in [0.5, 0.6) is 0 Å². The molecule has 1 aromatic carbocycles. The van der Waals surface area contributed by atoms with Gasteiger partial charge in [-0.1, -0.05) is 12.1 Å². The van der Waals surface area contributed by atoms with Crippen molar-refractivity contribution in [2.24, 2.45) is 0 Å². The number of hydrogen-bond donors (Lipinski definition) is 1. The zero-order valence-electron chi connectivity index (χ0n) is 12.8. The summed E-state index contributed by atoms with van der Waals surface area (Å²) < 4.78 is 9.71. The van der Waals surface area contributed by atoms with Gasteiger partial charge in [0.25, 0.3) is 0 Å². The van der Waals surface area contributed by atoms with E-state index in [9.17, 15) is 14.4 Å². The summed E-state index contributed by atoms with van der Waals surface area (Å²) in [6.45, 7) is 4.96. The molecule has 0 bridgehead atoms. The summed E-state index contributed by atoms with van der Waals surface area (Å²) in [6, 6.07) is 7.63. The molecule has 1 rings (SSSR count). The molecule has 0 aliphatic rings. The molecule has 6 nitrogen and oxygen atoms in total. The summed E-state index contributed by atoms with van der Waals surface area (Å²) in [4.78, 5) is 34.8. The Kier molecular flexibility index (Phi) is 6.82. The van der Waals surface area contributed by atoms with Crippen molar-refractivity contribution < 1.29 is 23.9 Å². The number of benzene rings is 1. The quantitative estimate of drug-likeness (QED) is 0.376. The van der Waals surface area contributed by atoms with Gasteiger partial charge in [0.05, 0.1) is 13.2 Å². The van der Waals surface area contributed by atoms with E-state index in [1.54, 1.807) is 32.0 Å². The highest BCUT2D eigenvalue weighted by molar-refractivity contribution is 6.17. The Morgan fingerprint density at radius 3 is 2.27 bits per heavy atom. The highest BCUT2D eigenvalue weighted by atomic mass is 16.6. The molecule has 117 valence electrons. The van der Waals surface area contributed by atoms with Gasteiger partial charge in [-0.2, -0.15) is 0 Å². The highest BCUT2D eigenvalue weighted by Crippen LogP contribution is 2.15. The lowest BCUT2D eigenvalue weighted by molar-refractivity contribution is -0.146. The molecular formula is C16H18NO5. The highest BCUT2D eigenvalue weighted by Gasteiger charge is 2.20. The molecule has 1 N–H and O–H groups in total. The van der Waals surface area contributed by atoms with E-state index in [0.29, 0.717) is 11.3 Å². The van der Waals surface area contributed by atoms with Gasteiger partial charge in [-0.25, -0.2) is 9.59 Å². The van der Waals surface area contributed by atoms with Gasteiger partial charge in [0.2, 0.25) is 5.91 Å². The standard InChI is InChI=1S/C16H18NO5/c1-4-21-15(19)14(16(20)22-5-2)10-12-7-6-8-13(9-12)17-11(3)18/h6-7,9-10H,4-5H2,1-3H3,(H,17,18). The third-order valence-electron chi connectivity index (χ3n) is 2.44. The first-order valence-corrected chi connectivity index (χ1v) is 6.83. The van der Waals surface area contributed by atoms with Crippen LogP contribution in [0.15, 0.2) is 23.8 Å². The first-order chi connectivity index (χ1) is 10.5. The number of amides is 1. The van der Waals surface area contributed by atoms with Crippen LogP contribution >= 0.6 is 0 Å². The maximum atomic E-state index is 11.9. The van der Waals surface area contributed by atoms with E-state index in [-0.39, 0.29) is 24.7 Å². The molecule has 1 amide bonds. The maximum absolute atomic E-state index is 11.9. The van der Waals surface area contributed by atoms with E-state index >= 15 is 0 Å². The molecular weight excluding hydrogens is 286 g/mol. The molecule has 1 radical (unpaired) electrons. The number of carbonyl (C=O) groups excluding carboxylic acids is 3. The third kappa shape index (κ3) is 5.40. The van der Waals surface area contributed by atoms with Crippen molar-refractivity contribution in [1.29, 1.82) is 0 Å². The Morgan fingerprint density at radius 1 is 1.18 bits per heavy atom. The summed E-state index contributed by atoms with van der Waals surface area (Å²) in [5.74, 6) is -1.75. The van der Waals surface area contributed by atoms with E-state index in [2.05, 4.69) is 11.4 Å². The van der Waals surface area contributed by atoms with Crippen molar-refractivity contribution >= 4 is 29.6 Å². The zero-order chi connectivity index (χ0) is 16.5. The minimum absolute atomic E-state index is 0.148. The van der Waals surface area contributed by atoms with Crippen LogP contribution in [0.2, 0.25) is 0 Å². The summed E-state index contributed by atoms with van der Waals surface area (Å²) in [5, 5.41) is 2.57. The van der Waals surface area contributed by atoms with E-state index < -0.39 is 11.9 Å². The average Bonchev–Trinajstić information content (AvgIpc) is 2.45. The van der Waals surface area contributed by atoms with Gasteiger partial charge in [0, 0.05) is 18.7 Å². The van der Waals surface area contributed by atoms with Gasteiger partial charge in [-0.05, 0) is 31.6 Å². The molecule has 0 spiro atoms. The number of anilines is 1.